The summed E-state index contributed by atoms with van der Waals surface area (Å²) < 4.78 is 0. The molecule has 0 spiro atoms. The third-order valence-corrected chi connectivity index (χ3v) is 4.79. The van der Waals surface area contributed by atoms with Gasteiger partial charge in [0.05, 0.1) is 5.25 Å². The highest BCUT2D eigenvalue weighted by Gasteiger charge is 2.19. The molecular weight excluding hydrogens is 246 g/mol. The maximum absolute atomic E-state index is 11.9. The largest absolute Gasteiger partial charge is 0.325 e. The summed E-state index contributed by atoms with van der Waals surface area (Å²) in [5.41, 5.74) is 0.838. The molecule has 0 aliphatic carbocycles. The number of para-hydroxylation sites is 1. The van der Waals surface area contributed by atoms with Crippen molar-refractivity contribution < 1.29 is 4.79 Å². The van der Waals surface area contributed by atoms with E-state index in [9.17, 15) is 4.79 Å². The average molecular weight is 267 g/mol. The third-order valence-electron chi connectivity index (χ3n) is 2.51. The summed E-state index contributed by atoms with van der Waals surface area (Å²) in [6.07, 6.45) is 0.859. The highest BCUT2D eigenvalue weighted by atomic mass is 32.1. The summed E-state index contributed by atoms with van der Waals surface area (Å²) in [6.45, 7) is 6.92. The molecule has 1 N–H and O–H groups in total. The Morgan fingerprint density at radius 1 is 1.29 bits per heavy atom. The lowest BCUT2D eigenvalue weighted by Gasteiger charge is -2.18. The van der Waals surface area contributed by atoms with E-state index in [1.165, 1.54) is 0 Å². The van der Waals surface area contributed by atoms with E-state index in [2.05, 4.69) is 37.6 Å². The van der Waals surface area contributed by atoms with E-state index < -0.39 is 8.07 Å². The van der Waals surface area contributed by atoms with Gasteiger partial charge < -0.3 is 5.32 Å². The van der Waals surface area contributed by atoms with E-state index >= 15 is 0 Å². The SMILES string of the molecule is C[Si](C)(C)CCC(S)C(=O)Nc1ccccc1. The number of amides is 1. The lowest BCUT2D eigenvalue weighted by Crippen LogP contribution is -2.27. The van der Waals surface area contributed by atoms with Gasteiger partial charge in [0.25, 0.3) is 0 Å². The van der Waals surface area contributed by atoms with E-state index in [0.717, 1.165) is 18.2 Å². The summed E-state index contributed by atoms with van der Waals surface area (Å²) in [5, 5.41) is 2.67. The summed E-state index contributed by atoms with van der Waals surface area (Å²) >= 11 is 4.38. The molecule has 1 unspecified atom stereocenters. The predicted octanol–water partition coefficient (Wildman–Crippen LogP) is 3.65. The Hall–Kier alpha value is -0.743. The molecular formula is C13H21NOSSi. The van der Waals surface area contributed by atoms with Gasteiger partial charge in [0.1, 0.15) is 0 Å². The second-order valence-corrected chi connectivity index (χ2v) is 11.7. The van der Waals surface area contributed by atoms with Crippen molar-refractivity contribution in [3.8, 4) is 0 Å². The van der Waals surface area contributed by atoms with E-state index in [4.69, 9.17) is 0 Å². The molecule has 0 aliphatic heterocycles. The molecule has 0 heterocycles. The summed E-state index contributed by atoms with van der Waals surface area (Å²) in [5.74, 6) is -0.00205. The highest BCUT2D eigenvalue weighted by Crippen LogP contribution is 2.17. The minimum Gasteiger partial charge on any atom is -0.325 e. The minimum absolute atomic E-state index is 0.00205. The monoisotopic (exact) mass is 267 g/mol. The minimum atomic E-state index is -1.09. The zero-order valence-electron chi connectivity index (χ0n) is 10.7. The number of anilines is 1. The van der Waals surface area contributed by atoms with Crippen LogP contribution in [-0.4, -0.2) is 19.2 Å². The van der Waals surface area contributed by atoms with Crippen LogP contribution in [0.5, 0.6) is 0 Å². The van der Waals surface area contributed by atoms with Crippen LogP contribution in [0.1, 0.15) is 6.42 Å². The second kappa shape index (κ2) is 6.26. The van der Waals surface area contributed by atoms with Crippen molar-refractivity contribution in [3.63, 3.8) is 0 Å². The maximum atomic E-state index is 11.9. The molecule has 0 radical (unpaired) electrons. The quantitative estimate of drug-likeness (QED) is 0.619. The van der Waals surface area contributed by atoms with Gasteiger partial charge in [-0.25, -0.2) is 0 Å². The van der Waals surface area contributed by atoms with Gasteiger partial charge in [-0.05, 0) is 18.6 Å². The Labute approximate surface area is 110 Å². The fraction of sp³-hybridized carbons (Fsp3) is 0.462. The summed E-state index contributed by atoms with van der Waals surface area (Å²) in [4.78, 5) is 11.9. The van der Waals surface area contributed by atoms with E-state index in [0.29, 0.717) is 0 Å². The van der Waals surface area contributed by atoms with Crippen molar-refractivity contribution in [2.75, 3.05) is 5.32 Å². The maximum Gasteiger partial charge on any atom is 0.237 e. The van der Waals surface area contributed by atoms with Gasteiger partial charge in [0.2, 0.25) is 5.91 Å². The van der Waals surface area contributed by atoms with Crippen LogP contribution >= 0.6 is 12.6 Å². The van der Waals surface area contributed by atoms with Gasteiger partial charge in [-0.15, -0.1) is 0 Å². The summed E-state index contributed by atoms with van der Waals surface area (Å²) in [7, 11) is -1.09. The number of benzene rings is 1. The van der Waals surface area contributed by atoms with Crippen molar-refractivity contribution in [2.45, 2.75) is 37.4 Å². The standard InChI is InChI=1S/C13H21NOSSi/c1-17(2,3)10-9-12(16)13(15)14-11-7-5-4-6-8-11/h4-8,12,16H,9-10H2,1-3H3,(H,14,15). The molecule has 0 aliphatic rings. The van der Waals surface area contributed by atoms with Gasteiger partial charge in [0.15, 0.2) is 0 Å². The first-order chi connectivity index (χ1) is 7.88. The number of thiol groups is 1. The smallest absolute Gasteiger partial charge is 0.237 e. The molecule has 17 heavy (non-hydrogen) atoms. The van der Waals surface area contributed by atoms with Crippen LogP contribution in [0, 0.1) is 0 Å². The first-order valence-corrected chi connectivity index (χ1v) is 10.1. The molecule has 1 aromatic carbocycles. The van der Waals surface area contributed by atoms with Crippen LogP contribution in [0.3, 0.4) is 0 Å². The van der Waals surface area contributed by atoms with Crippen molar-refractivity contribution in [1.82, 2.24) is 0 Å². The predicted molar refractivity (Wildman–Crippen MR) is 80.6 cm³/mol. The van der Waals surface area contributed by atoms with Crippen LogP contribution in [0.25, 0.3) is 0 Å². The van der Waals surface area contributed by atoms with Gasteiger partial charge in [-0.2, -0.15) is 12.6 Å². The topological polar surface area (TPSA) is 29.1 Å². The fourth-order valence-electron chi connectivity index (χ4n) is 1.45. The molecule has 0 saturated carbocycles. The first-order valence-electron chi connectivity index (χ1n) is 5.92. The number of nitrogens with one attached hydrogen (secondary N) is 1. The van der Waals surface area contributed by atoms with Crippen molar-refractivity contribution in [1.29, 1.82) is 0 Å². The Balaban J connectivity index is 2.43. The molecule has 1 rings (SSSR count). The molecule has 0 aromatic heterocycles. The van der Waals surface area contributed by atoms with Crippen LogP contribution in [-0.2, 0) is 4.79 Å². The number of carbonyl (C=O) groups is 1. The van der Waals surface area contributed by atoms with Gasteiger partial charge in [0, 0.05) is 13.8 Å². The molecule has 0 bridgehead atoms. The van der Waals surface area contributed by atoms with E-state index in [1.54, 1.807) is 0 Å². The molecule has 2 nitrogen and oxygen atoms in total. The lowest BCUT2D eigenvalue weighted by molar-refractivity contribution is -0.115. The molecule has 4 heteroatoms. The second-order valence-electron chi connectivity index (χ2n) is 5.47. The van der Waals surface area contributed by atoms with Crippen LogP contribution < -0.4 is 5.32 Å². The fourth-order valence-corrected chi connectivity index (χ4v) is 3.04. The normalized spacial score (nSPS) is 13.2. The number of hydrogen-bond acceptors (Lipinski definition) is 2. The molecule has 0 saturated heterocycles. The first kappa shape index (κ1) is 14.3. The number of carbonyl (C=O) groups excluding carboxylic acids is 1. The number of hydrogen-bond donors (Lipinski definition) is 2. The van der Waals surface area contributed by atoms with Gasteiger partial charge in [-0.1, -0.05) is 43.9 Å². The average Bonchev–Trinajstić information content (AvgIpc) is 2.26. The van der Waals surface area contributed by atoms with Crippen molar-refractivity contribution >= 4 is 32.3 Å². The van der Waals surface area contributed by atoms with E-state index in [-0.39, 0.29) is 11.2 Å². The Bertz CT molecular complexity index is 361. The molecule has 0 fully saturated rings. The van der Waals surface area contributed by atoms with Crippen molar-refractivity contribution in [2.24, 2.45) is 0 Å². The van der Waals surface area contributed by atoms with Crippen LogP contribution in [0.2, 0.25) is 25.7 Å². The van der Waals surface area contributed by atoms with Crippen LogP contribution in [0.15, 0.2) is 30.3 Å². The molecule has 1 aromatic rings. The molecule has 1 amide bonds. The third kappa shape index (κ3) is 5.93. The highest BCUT2D eigenvalue weighted by molar-refractivity contribution is 7.81. The van der Waals surface area contributed by atoms with Gasteiger partial charge in [-0.3, -0.25) is 4.79 Å². The Morgan fingerprint density at radius 3 is 2.41 bits per heavy atom. The zero-order valence-corrected chi connectivity index (χ0v) is 12.6. The number of rotatable bonds is 5. The zero-order chi connectivity index (χ0) is 12.9. The van der Waals surface area contributed by atoms with E-state index in [1.807, 2.05) is 30.3 Å². The van der Waals surface area contributed by atoms with Crippen LogP contribution in [0.4, 0.5) is 5.69 Å². The Morgan fingerprint density at radius 2 is 1.88 bits per heavy atom. The molecule has 1 atom stereocenters. The summed E-state index contributed by atoms with van der Waals surface area (Å²) in [6, 6.07) is 10.6. The molecule has 94 valence electrons. The van der Waals surface area contributed by atoms with Crippen molar-refractivity contribution in [3.05, 3.63) is 30.3 Å². The lowest BCUT2D eigenvalue weighted by atomic mass is 10.3. The van der Waals surface area contributed by atoms with Gasteiger partial charge >= 0.3 is 0 Å². The Kier molecular flexibility index (Phi) is 5.27.